The Kier molecular flexibility index (Phi) is 16.5. The molecule has 1 saturated carbocycles. The Morgan fingerprint density at radius 2 is 1.67 bits per heavy atom. The van der Waals surface area contributed by atoms with E-state index in [0.717, 1.165) is 73.8 Å². The molecule has 5 aliphatic rings. The lowest BCUT2D eigenvalue weighted by molar-refractivity contribution is -0.147. The molecule has 73 heavy (non-hydrogen) atoms. The van der Waals surface area contributed by atoms with E-state index in [1.54, 1.807) is 18.3 Å². The molecule has 0 amide bonds. The first-order chi connectivity index (χ1) is 35.6. The van der Waals surface area contributed by atoms with Gasteiger partial charge >= 0.3 is 0 Å². The summed E-state index contributed by atoms with van der Waals surface area (Å²) in [7, 11) is 2.12. The molecule has 11 rings (SSSR count). The van der Waals surface area contributed by atoms with Crippen LogP contribution in [-0.4, -0.2) is 134 Å². The van der Waals surface area contributed by atoms with E-state index in [2.05, 4.69) is 26.8 Å². The van der Waals surface area contributed by atoms with Crippen molar-refractivity contribution >= 4 is 51.2 Å². The second-order valence-corrected chi connectivity index (χ2v) is 20.9. The number of halogens is 3. The largest absolute Gasteiger partial charge is 0.490 e. The van der Waals surface area contributed by atoms with E-state index in [0.29, 0.717) is 117 Å². The number of carbonyl (C=O) groups excluding carboxylic acids is 1. The molecule has 3 aromatic heterocycles. The summed E-state index contributed by atoms with van der Waals surface area (Å²) in [6.07, 6.45) is 5.52. The van der Waals surface area contributed by atoms with Gasteiger partial charge in [0.1, 0.15) is 59.7 Å². The van der Waals surface area contributed by atoms with Gasteiger partial charge < -0.3 is 42.8 Å². The number of hydrogen-bond acceptors (Lipinski definition) is 16. The van der Waals surface area contributed by atoms with Gasteiger partial charge in [-0.05, 0) is 111 Å². The van der Waals surface area contributed by atoms with Crippen molar-refractivity contribution in [1.29, 1.82) is 0 Å². The number of likely N-dealkylation sites (N-methyl/N-ethyl adjacent to an activating group) is 1. The molecule has 3 fully saturated rings. The zero-order valence-electron chi connectivity index (χ0n) is 41.2. The van der Waals surface area contributed by atoms with Crippen molar-refractivity contribution in [3.63, 3.8) is 0 Å². The summed E-state index contributed by atoms with van der Waals surface area (Å²) >= 11 is 16.1. The van der Waals surface area contributed by atoms with Crippen LogP contribution >= 0.6 is 34.5 Å². The molecule has 15 nitrogen and oxygen atoms in total. The van der Waals surface area contributed by atoms with Crippen LogP contribution in [0.3, 0.4) is 0 Å². The number of carbonyl (C=O) groups is 1. The van der Waals surface area contributed by atoms with Gasteiger partial charge in [-0.15, -0.1) is 11.3 Å². The van der Waals surface area contributed by atoms with Crippen molar-refractivity contribution in [3.05, 3.63) is 105 Å². The lowest BCUT2D eigenvalue weighted by atomic mass is 9.82. The molecule has 6 aromatic rings. The smallest absolute Gasteiger partial charge is 0.296 e. The van der Waals surface area contributed by atoms with Crippen molar-refractivity contribution in [3.8, 4) is 44.7 Å². The molecule has 0 spiro atoms. The van der Waals surface area contributed by atoms with Crippen molar-refractivity contribution in [1.82, 2.24) is 29.7 Å². The molecule has 7 heterocycles. The normalized spacial score (nSPS) is 22.0. The molecule has 0 unspecified atom stereocenters. The molecule has 3 aromatic carbocycles. The third-order valence-electron chi connectivity index (χ3n) is 14.1. The predicted molar refractivity (Wildman–Crippen MR) is 276 cm³/mol. The van der Waals surface area contributed by atoms with Gasteiger partial charge in [-0.3, -0.25) is 9.69 Å². The van der Waals surface area contributed by atoms with Crippen LogP contribution in [0.2, 0.25) is 10.0 Å². The Balaban J connectivity index is 0.965. The van der Waals surface area contributed by atoms with Gasteiger partial charge in [0.05, 0.1) is 54.0 Å². The Morgan fingerprint density at radius 3 is 2.42 bits per heavy atom. The van der Waals surface area contributed by atoms with Crippen molar-refractivity contribution in [2.24, 2.45) is 5.92 Å². The Hall–Kier alpha value is -5.24. The van der Waals surface area contributed by atoms with Gasteiger partial charge in [0.2, 0.25) is 12.2 Å². The number of rotatable bonds is 13. The van der Waals surface area contributed by atoms with Gasteiger partial charge in [0.25, 0.3) is 6.47 Å². The molecule has 4 aliphatic heterocycles. The zero-order chi connectivity index (χ0) is 50.4. The predicted octanol–water partition coefficient (Wildman–Crippen LogP) is 9.67. The Morgan fingerprint density at radius 1 is 0.877 bits per heavy atom. The molecule has 386 valence electrons. The standard InChI is InChI=1S/C54H59Cl2FN6O9S/c1-32-45-33(2)49(56)50(48(32)55)71-41(24-63-18-16-62(3)17-19-63)29-68-40-12-13-43(69-26-39-14-15-58-52(61-39)36-6-4-34(5-7-36)25-66-28-42-27-65-20-21-67-42)37(22-40)23-44(70-31-64)72-53-47-46(45)51(73-54(47)60-30-59-53)35-8-10-38(57)11-9-35/h8-15,22,30-31,34,36,41-42,44H,4-7,16-21,23-29H2,1-3H3/t34?,36?,41-,42-,44-/m1/s1. The third-order valence-corrected chi connectivity index (χ3v) is 16.2. The molecular weight excluding hydrogens is 999 g/mol. The maximum atomic E-state index is 14.4. The summed E-state index contributed by atoms with van der Waals surface area (Å²) in [5.74, 6) is 2.66. The van der Waals surface area contributed by atoms with Gasteiger partial charge in [-0.25, -0.2) is 24.3 Å². The lowest BCUT2D eigenvalue weighted by Crippen LogP contribution is -2.49. The second kappa shape index (κ2) is 23.5. The Bertz CT molecular complexity index is 2850. The van der Waals surface area contributed by atoms with Crippen LogP contribution in [-0.2, 0) is 36.8 Å². The van der Waals surface area contributed by atoms with E-state index < -0.39 is 12.4 Å². The molecule has 2 saturated heterocycles. The molecule has 0 N–H and O–H groups in total. The van der Waals surface area contributed by atoms with Crippen LogP contribution in [0.5, 0.6) is 23.1 Å². The van der Waals surface area contributed by atoms with Crippen LogP contribution < -0.4 is 18.9 Å². The summed E-state index contributed by atoms with van der Waals surface area (Å²) < 4.78 is 64.1. The van der Waals surface area contributed by atoms with E-state index in [1.165, 1.54) is 29.8 Å². The van der Waals surface area contributed by atoms with Gasteiger partial charge in [-0.2, -0.15) is 0 Å². The summed E-state index contributed by atoms with van der Waals surface area (Å²) in [5.41, 5.74) is 4.85. The minimum Gasteiger partial charge on any atom is -0.490 e. The highest BCUT2D eigenvalue weighted by Crippen LogP contribution is 2.53. The van der Waals surface area contributed by atoms with Gasteiger partial charge in [0, 0.05) is 67.4 Å². The number of thiophene rings is 1. The average Bonchev–Trinajstić information content (AvgIpc) is 3.79. The summed E-state index contributed by atoms with van der Waals surface area (Å²) in [6.45, 7) is 11.6. The maximum absolute atomic E-state index is 14.4. The van der Waals surface area contributed by atoms with Crippen molar-refractivity contribution in [2.75, 3.05) is 79.4 Å². The molecule has 19 heteroatoms. The molecular formula is C54H59Cl2FN6O9S. The number of benzene rings is 3. The highest BCUT2D eigenvalue weighted by molar-refractivity contribution is 7.22. The molecule has 4 bridgehead atoms. The van der Waals surface area contributed by atoms with Crippen LogP contribution in [0.25, 0.3) is 31.8 Å². The summed E-state index contributed by atoms with van der Waals surface area (Å²) in [5, 5.41) is 1.19. The quantitative estimate of drug-likeness (QED) is 0.101. The maximum Gasteiger partial charge on any atom is 0.296 e. The minimum atomic E-state index is -1.20. The summed E-state index contributed by atoms with van der Waals surface area (Å²) in [6, 6.07) is 13.6. The number of hydrogen-bond donors (Lipinski definition) is 0. The van der Waals surface area contributed by atoms with Gasteiger partial charge in [0.15, 0.2) is 5.75 Å². The fourth-order valence-electron chi connectivity index (χ4n) is 10.1. The number of ether oxygens (including phenoxy) is 8. The summed E-state index contributed by atoms with van der Waals surface area (Å²) in [4.78, 5) is 37.3. The molecule has 3 atom stereocenters. The SMILES string of the molecule is Cc1c(Cl)c2c(Cl)c(C)c1-c1c(-c3ccc(F)cc3)sc3ncnc(c13)O[C@@H](OC=O)Cc1cc(ccc1OCc1ccnc(C3CCC(COC[C@H]4COCCO4)CC3)n1)OC[C@@H](CN1CCN(C)CC1)O2. The highest BCUT2D eigenvalue weighted by atomic mass is 35.5. The number of fused-ring (bicyclic) bond motifs is 7. The number of aromatic nitrogens is 4. The fraction of sp³-hybridized carbons (Fsp3) is 0.463. The van der Waals surface area contributed by atoms with Crippen LogP contribution in [0.4, 0.5) is 4.39 Å². The first-order valence-electron chi connectivity index (χ1n) is 24.9. The molecule has 0 radical (unpaired) electrons. The Labute approximate surface area is 438 Å². The van der Waals surface area contributed by atoms with Crippen molar-refractivity contribution < 1.29 is 47.1 Å². The van der Waals surface area contributed by atoms with Crippen LogP contribution in [0.1, 0.15) is 59.8 Å². The zero-order valence-corrected chi connectivity index (χ0v) is 43.5. The second-order valence-electron chi connectivity index (χ2n) is 19.2. The highest BCUT2D eigenvalue weighted by Gasteiger charge is 2.32. The van der Waals surface area contributed by atoms with E-state index in [-0.39, 0.29) is 43.4 Å². The van der Waals surface area contributed by atoms with Gasteiger partial charge in [-0.1, -0.05) is 35.3 Å². The fourth-order valence-corrected chi connectivity index (χ4v) is 11.8. The van der Waals surface area contributed by atoms with E-state index in [4.69, 9.17) is 71.1 Å². The first-order valence-corrected chi connectivity index (χ1v) is 26.5. The van der Waals surface area contributed by atoms with Crippen molar-refractivity contribution in [2.45, 2.75) is 77.0 Å². The minimum absolute atomic E-state index is 0.00281. The topological polar surface area (TPSA) is 149 Å². The van der Waals surface area contributed by atoms with Crippen LogP contribution in [0.15, 0.2) is 61.1 Å². The lowest BCUT2D eigenvalue weighted by Gasteiger charge is -2.35. The molecule has 1 aliphatic carbocycles. The van der Waals surface area contributed by atoms with Crippen LogP contribution in [0, 0.1) is 25.6 Å². The monoisotopic (exact) mass is 1060 g/mol. The number of nitrogens with zero attached hydrogens (tertiary/aromatic N) is 6. The van der Waals surface area contributed by atoms with E-state index in [9.17, 15) is 9.18 Å². The first kappa shape index (κ1) is 51.3. The van der Waals surface area contributed by atoms with E-state index >= 15 is 0 Å². The van der Waals surface area contributed by atoms with E-state index in [1.807, 2.05) is 38.1 Å². The third kappa shape index (κ3) is 12.0. The number of piperazine rings is 1. The average molecular weight is 1060 g/mol.